The molecule has 0 fully saturated rings. The van der Waals surface area contributed by atoms with Crippen molar-refractivity contribution >= 4 is 21.6 Å². The van der Waals surface area contributed by atoms with Crippen LogP contribution in [0.5, 0.6) is 17.2 Å². The lowest BCUT2D eigenvalue weighted by Crippen LogP contribution is -2.30. The Bertz CT molecular complexity index is 973. The standard InChI is InChI=1S/C20H26N2O6S/c1-13(2)22-29(24,25)16-7-9-18(14(3)10-16)28-12-20(23)21-17-8-6-15(26-4)11-19(17)27-5/h6-11,13,22H,12H2,1-5H3,(H,21,23). The molecule has 9 heteroatoms. The van der Waals surface area contributed by atoms with Gasteiger partial charge < -0.3 is 19.5 Å². The second kappa shape index (κ2) is 9.62. The maximum atomic E-state index is 12.2. The Morgan fingerprint density at radius 2 is 1.76 bits per heavy atom. The number of amides is 1. The summed E-state index contributed by atoms with van der Waals surface area (Å²) in [5, 5.41) is 2.71. The average Bonchev–Trinajstić information content (AvgIpc) is 2.66. The van der Waals surface area contributed by atoms with Crippen molar-refractivity contribution in [2.75, 3.05) is 26.1 Å². The van der Waals surface area contributed by atoms with Gasteiger partial charge in [-0.15, -0.1) is 0 Å². The molecule has 0 radical (unpaired) electrons. The van der Waals surface area contributed by atoms with Gasteiger partial charge in [-0.3, -0.25) is 4.79 Å². The topological polar surface area (TPSA) is 103 Å². The highest BCUT2D eigenvalue weighted by atomic mass is 32.2. The van der Waals surface area contributed by atoms with Crippen molar-refractivity contribution in [2.24, 2.45) is 0 Å². The zero-order chi connectivity index (χ0) is 21.6. The second-order valence-electron chi connectivity index (χ2n) is 6.61. The van der Waals surface area contributed by atoms with E-state index in [4.69, 9.17) is 14.2 Å². The van der Waals surface area contributed by atoms with Gasteiger partial charge in [0.2, 0.25) is 10.0 Å². The van der Waals surface area contributed by atoms with Gasteiger partial charge in [-0.05, 0) is 56.7 Å². The molecular formula is C20H26N2O6S. The van der Waals surface area contributed by atoms with E-state index in [1.165, 1.54) is 25.3 Å². The van der Waals surface area contributed by atoms with Gasteiger partial charge in [-0.25, -0.2) is 13.1 Å². The van der Waals surface area contributed by atoms with Gasteiger partial charge in [0.25, 0.3) is 5.91 Å². The minimum absolute atomic E-state index is 0.142. The zero-order valence-corrected chi connectivity index (χ0v) is 17.9. The molecule has 2 aromatic rings. The van der Waals surface area contributed by atoms with E-state index in [1.54, 1.807) is 46.1 Å². The number of nitrogens with one attached hydrogen (secondary N) is 2. The Kier molecular flexibility index (Phi) is 7.46. The molecule has 0 bridgehead atoms. The molecule has 158 valence electrons. The largest absolute Gasteiger partial charge is 0.497 e. The fraction of sp³-hybridized carbons (Fsp3) is 0.350. The van der Waals surface area contributed by atoms with Crippen LogP contribution in [0, 0.1) is 6.92 Å². The van der Waals surface area contributed by atoms with E-state index >= 15 is 0 Å². The third-order valence-corrected chi connectivity index (χ3v) is 5.55. The van der Waals surface area contributed by atoms with Gasteiger partial charge in [-0.2, -0.15) is 0 Å². The minimum atomic E-state index is -3.59. The van der Waals surface area contributed by atoms with Crippen molar-refractivity contribution in [3.8, 4) is 17.2 Å². The molecule has 0 saturated carbocycles. The van der Waals surface area contributed by atoms with E-state index < -0.39 is 10.0 Å². The van der Waals surface area contributed by atoms with Crippen LogP contribution >= 0.6 is 0 Å². The van der Waals surface area contributed by atoms with Crippen LogP contribution in [0.25, 0.3) is 0 Å². The monoisotopic (exact) mass is 422 g/mol. The predicted octanol–water partition coefficient (Wildman–Crippen LogP) is 2.72. The van der Waals surface area contributed by atoms with Crippen molar-refractivity contribution in [2.45, 2.75) is 31.7 Å². The molecule has 1 amide bonds. The van der Waals surface area contributed by atoms with Crippen LogP contribution < -0.4 is 24.2 Å². The number of anilines is 1. The summed E-state index contributed by atoms with van der Waals surface area (Å²) in [6, 6.07) is 9.29. The molecule has 0 aliphatic rings. The third-order valence-electron chi connectivity index (χ3n) is 3.89. The number of hydrogen-bond acceptors (Lipinski definition) is 6. The summed E-state index contributed by atoms with van der Waals surface area (Å²) in [4.78, 5) is 12.4. The fourth-order valence-corrected chi connectivity index (χ4v) is 3.90. The first-order valence-electron chi connectivity index (χ1n) is 8.94. The van der Waals surface area contributed by atoms with E-state index in [1.807, 2.05) is 0 Å². The van der Waals surface area contributed by atoms with Crippen LogP contribution in [-0.2, 0) is 14.8 Å². The summed E-state index contributed by atoms with van der Waals surface area (Å²) in [6.45, 7) is 4.97. The third kappa shape index (κ3) is 6.10. The number of aryl methyl sites for hydroxylation is 1. The zero-order valence-electron chi connectivity index (χ0n) is 17.1. The maximum Gasteiger partial charge on any atom is 0.262 e. The normalized spacial score (nSPS) is 11.2. The number of hydrogen-bond donors (Lipinski definition) is 2. The lowest BCUT2D eigenvalue weighted by molar-refractivity contribution is -0.118. The summed E-state index contributed by atoms with van der Waals surface area (Å²) in [6.07, 6.45) is 0. The molecule has 0 aromatic heterocycles. The van der Waals surface area contributed by atoms with Crippen LogP contribution in [0.15, 0.2) is 41.3 Å². The van der Waals surface area contributed by atoms with E-state index in [-0.39, 0.29) is 23.5 Å². The molecule has 0 heterocycles. The van der Waals surface area contributed by atoms with Crippen LogP contribution in [0.1, 0.15) is 19.4 Å². The van der Waals surface area contributed by atoms with E-state index in [2.05, 4.69) is 10.0 Å². The Morgan fingerprint density at radius 1 is 1.03 bits per heavy atom. The van der Waals surface area contributed by atoms with Crippen molar-refractivity contribution in [3.05, 3.63) is 42.0 Å². The maximum absolute atomic E-state index is 12.2. The fourth-order valence-electron chi connectivity index (χ4n) is 2.56. The molecule has 0 saturated heterocycles. The Labute approximate surface area is 171 Å². The number of benzene rings is 2. The van der Waals surface area contributed by atoms with Gasteiger partial charge in [0.1, 0.15) is 17.2 Å². The summed E-state index contributed by atoms with van der Waals surface area (Å²) in [5.74, 6) is 1.10. The van der Waals surface area contributed by atoms with Crippen LogP contribution in [-0.4, -0.2) is 41.2 Å². The molecule has 2 rings (SSSR count). The van der Waals surface area contributed by atoms with Gasteiger partial charge >= 0.3 is 0 Å². The highest BCUT2D eigenvalue weighted by Gasteiger charge is 2.17. The quantitative estimate of drug-likeness (QED) is 0.644. The molecule has 0 aliphatic carbocycles. The number of ether oxygens (including phenoxy) is 3. The Hall–Kier alpha value is -2.78. The van der Waals surface area contributed by atoms with E-state index in [0.717, 1.165) is 0 Å². The molecule has 0 spiro atoms. The van der Waals surface area contributed by atoms with E-state index in [9.17, 15) is 13.2 Å². The van der Waals surface area contributed by atoms with Gasteiger partial charge in [0.15, 0.2) is 6.61 Å². The molecule has 0 aliphatic heterocycles. The van der Waals surface area contributed by atoms with Gasteiger partial charge in [-0.1, -0.05) is 0 Å². The highest BCUT2D eigenvalue weighted by molar-refractivity contribution is 7.89. The average molecular weight is 423 g/mol. The number of rotatable bonds is 9. The van der Waals surface area contributed by atoms with Crippen LogP contribution in [0.3, 0.4) is 0 Å². The van der Waals surface area contributed by atoms with Crippen molar-refractivity contribution in [1.82, 2.24) is 4.72 Å². The number of methoxy groups -OCH3 is 2. The van der Waals surface area contributed by atoms with E-state index in [0.29, 0.717) is 28.5 Å². The molecule has 0 unspecified atom stereocenters. The summed E-state index contributed by atoms with van der Waals surface area (Å²) < 4.78 is 42.9. The van der Waals surface area contributed by atoms with Gasteiger partial charge in [0, 0.05) is 12.1 Å². The highest BCUT2D eigenvalue weighted by Crippen LogP contribution is 2.29. The lowest BCUT2D eigenvalue weighted by atomic mass is 10.2. The SMILES string of the molecule is COc1ccc(NC(=O)COc2ccc(S(=O)(=O)NC(C)C)cc2C)c(OC)c1. The summed E-state index contributed by atoms with van der Waals surface area (Å²) >= 11 is 0. The first-order valence-corrected chi connectivity index (χ1v) is 10.4. The smallest absolute Gasteiger partial charge is 0.262 e. The molecule has 0 atom stereocenters. The summed E-state index contributed by atoms with van der Waals surface area (Å²) in [7, 11) is -0.559. The molecular weight excluding hydrogens is 396 g/mol. The Morgan fingerprint density at radius 3 is 2.34 bits per heavy atom. The lowest BCUT2D eigenvalue weighted by Gasteiger charge is -2.14. The second-order valence-corrected chi connectivity index (χ2v) is 8.32. The van der Waals surface area contributed by atoms with Gasteiger partial charge in [0.05, 0.1) is 24.8 Å². The molecule has 8 nitrogen and oxygen atoms in total. The molecule has 2 aromatic carbocycles. The van der Waals surface area contributed by atoms with Crippen molar-refractivity contribution < 1.29 is 27.4 Å². The first-order chi connectivity index (χ1) is 13.7. The van der Waals surface area contributed by atoms with Crippen LogP contribution in [0.2, 0.25) is 0 Å². The number of carbonyl (C=O) groups excluding carboxylic acids is 1. The van der Waals surface area contributed by atoms with Crippen LogP contribution in [0.4, 0.5) is 5.69 Å². The Balaban J connectivity index is 2.04. The van der Waals surface area contributed by atoms with Crippen molar-refractivity contribution in [3.63, 3.8) is 0 Å². The minimum Gasteiger partial charge on any atom is -0.497 e. The van der Waals surface area contributed by atoms with Crippen molar-refractivity contribution in [1.29, 1.82) is 0 Å². The number of carbonyl (C=O) groups is 1. The summed E-state index contributed by atoms with van der Waals surface area (Å²) in [5.41, 5.74) is 1.09. The predicted molar refractivity (Wildman–Crippen MR) is 110 cm³/mol. The molecule has 29 heavy (non-hydrogen) atoms. The molecule has 2 N–H and O–H groups in total. The number of sulfonamides is 1. The first kappa shape index (κ1) is 22.5.